The third kappa shape index (κ3) is 4.80. The smallest absolute Gasteiger partial charge is 0.290 e. The first-order chi connectivity index (χ1) is 19.1. The van der Waals surface area contributed by atoms with E-state index in [9.17, 15) is 14.7 Å². The topological polar surface area (TPSA) is 80.0 Å². The van der Waals surface area contributed by atoms with Crippen LogP contribution in [0.25, 0.3) is 11.0 Å². The van der Waals surface area contributed by atoms with Crippen LogP contribution in [0, 0.1) is 0 Å². The van der Waals surface area contributed by atoms with E-state index >= 15 is 0 Å². The molecule has 0 aliphatic carbocycles. The summed E-state index contributed by atoms with van der Waals surface area (Å²) in [6.45, 7) is 0.635. The lowest BCUT2D eigenvalue weighted by Crippen LogP contribution is -2.30. The minimum atomic E-state index is -0.804. The first-order valence-electron chi connectivity index (χ1n) is 12.7. The Hall–Kier alpha value is -5.10. The zero-order valence-electron chi connectivity index (χ0n) is 21.0. The van der Waals surface area contributed by atoms with E-state index in [2.05, 4.69) is 0 Å². The van der Waals surface area contributed by atoms with Gasteiger partial charge in [0.05, 0.1) is 11.6 Å². The van der Waals surface area contributed by atoms with Crippen LogP contribution >= 0.6 is 0 Å². The van der Waals surface area contributed by atoms with Crippen molar-refractivity contribution in [3.8, 4) is 5.75 Å². The summed E-state index contributed by atoms with van der Waals surface area (Å²) in [4.78, 5) is 28.6. The molecule has 1 aromatic heterocycles. The molecule has 0 unspecified atom stereocenters. The molecule has 1 atom stereocenters. The number of benzene rings is 4. The third-order valence-corrected chi connectivity index (χ3v) is 6.84. The number of aliphatic hydroxyl groups is 1. The summed E-state index contributed by atoms with van der Waals surface area (Å²) in [6.07, 6.45) is 0. The highest BCUT2D eigenvalue weighted by atomic mass is 16.5. The number of amides is 1. The standard InChI is InChI=1S/C33H25NO5/c35-31(28-19-25-13-7-8-14-27(25)39-28)29-30(34(33(37)32(29)36)20-22-9-3-1-4-10-22)24-15-17-26(18-16-24)38-21-23-11-5-2-6-12-23/h1-19,30,36H,20-21H2/t30-/m1/s1. The van der Waals surface area contributed by atoms with Crippen molar-refractivity contribution in [2.45, 2.75) is 19.2 Å². The summed E-state index contributed by atoms with van der Waals surface area (Å²) in [6, 6.07) is 34.7. The predicted molar refractivity (Wildman–Crippen MR) is 147 cm³/mol. The van der Waals surface area contributed by atoms with Crippen molar-refractivity contribution in [1.29, 1.82) is 0 Å². The number of hydrogen-bond acceptors (Lipinski definition) is 5. The van der Waals surface area contributed by atoms with Gasteiger partial charge in [0.15, 0.2) is 11.5 Å². The van der Waals surface area contributed by atoms with Gasteiger partial charge < -0.3 is 19.2 Å². The molecule has 1 aliphatic heterocycles. The van der Waals surface area contributed by atoms with Crippen molar-refractivity contribution in [2.75, 3.05) is 0 Å². The number of aliphatic hydroxyl groups excluding tert-OH is 1. The molecule has 0 saturated carbocycles. The lowest BCUT2D eigenvalue weighted by molar-refractivity contribution is -0.130. The number of hydrogen-bond donors (Lipinski definition) is 1. The van der Waals surface area contributed by atoms with E-state index in [1.54, 1.807) is 12.1 Å². The predicted octanol–water partition coefficient (Wildman–Crippen LogP) is 6.79. The van der Waals surface area contributed by atoms with Gasteiger partial charge in [0, 0.05) is 11.9 Å². The summed E-state index contributed by atoms with van der Waals surface area (Å²) >= 11 is 0. The maximum Gasteiger partial charge on any atom is 0.290 e. The number of carbonyl (C=O) groups is 2. The summed E-state index contributed by atoms with van der Waals surface area (Å²) < 4.78 is 11.7. The Kier molecular flexibility index (Phi) is 6.43. The van der Waals surface area contributed by atoms with Gasteiger partial charge in [0.2, 0.25) is 5.78 Å². The first kappa shape index (κ1) is 24.2. The number of nitrogens with zero attached hydrogens (tertiary/aromatic N) is 1. The normalized spacial score (nSPS) is 15.2. The minimum Gasteiger partial charge on any atom is -0.503 e. The second-order valence-electron chi connectivity index (χ2n) is 9.40. The molecule has 2 heterocycles. The number of Topliss-reactive ketones (excluding diaryl/α,β-unsaturated/α-hetero) is 1. The average Bonchev–Trinajstić information content (AvgIpc) is 3.52. The van der Waals surface area contributed by atoms with Crippen molar-refractivity contribution >= 4 is 22.7 Å². The highest BCUT2D eigenvalue weighted by Crippen LogP contribution is 2.41. The molecule has 0 spiro atoms. The monoisotopic (exact) mass is 515 g/mol. The van der Waals surface area contributed by atoms with Crippen LogP contribution in [-0.2, 0) is 17.9 Å². The molecule has 39 heavy (non-hydrogen) atoms. The number of fused-ring (bicyclic) bond motifs is 1. The van der Waals surface area contributed by atoms with Crippen LogP contribution in [-0.4, -0.2) is 21.7 Å². The largest absolute Gasteiger partial charge is 0.503 e. The summed E-state index contributed by atoms with van der Waals surface area (Å²) in [5.74, 6) is -0.972. The highest BCUT2D eigenvalue weighted by Gasteiger charge is 2.44. The number of furan rings is 1. The maximum absolute atomic E-state index is 13.8. The van der Waals surface area contributed by atoms with Gasteiger partial charge in [-0.05, 0) is 41.0 Å². The number of para-hydroxylation sites is 1. The van der Waals surface area contributed by atoms with Gasteiger partial charge in [-0.1, -0.05) is 91.0 Å². The highest BCUT2D eigenvalue weighted by molar-refractivity contribution is 6.16. The summed E-state index contributed by atoms with van der Waals surface area (Å²) in [5, 5.41) is 11.8. The SMILES string of the molecule is O=C(C1=C(O)C(=O)N(Cc2ccccc2)[C@@H]1c1ccc(OCc2ccccc2)cc1)c1cc2ccccc2o1. The second kappa shape index (κ2) is 10.3. The molecule has 1 aliphatic rings. The molecule has 6 rings (SSSR count). The molecule has 0 bridgehead atoms. The van der Waals surface area contributed by atoms with Gasteiger partial charge in [0.1, 0.15) is 17.9 Å². The number of rotatable bonds is 8. The Labute approximate surface area is 225 Å². The quantitative estimate of drug-likeness (QED) is 0.230. The van der Waals surface area contributed by atoms with Crippen LogP contribution in [0.3, 0.4) is 0 Å². The van der Waals surface area contributed by atoms with Gasteiger partial charge in [0.25, 0.3) is 5.91 Å². The molecule has 192 valence electrons. The molecular formula is C33H25NO5. The number of ether oxygens (including phenoxy) is 1. The molecule has 6 nitrogen and oxygen atoms in total. The zero-order valence-corrected chi connectivity index (χ0v) is 21.0. The fraction of sp³-hybridized carbons (Fsp3) is 0.0909. The van der Waals surface area contributed by atoms with E-state index < -0.39 is 23.5 Å². The van der Waals surface area contributed by atoms with E-state index in [1.807, 2.05) is 103 Å². The molecule has 0 radical (unpaired) electrons. The lowest BCUT2D eigenvalue weighted by atomic mass is 9.94. The van der Waals surface area contributed by atoms with Crippen LogP contribution in [0.2, 0.25) is 0 Å². The van der Waals surface area contributed by atoms with Gasteiger partial charge >= 0.3 is 0 Å². The lowest BCUT2D eigenvalue weighted by Gasteiger charge is -2.27. The van der Waals surface area contributed by atoms with E-state index in [-0.39, 0.29) is 17.9 Å². The Morgan fingerprint density at radius 3 is 2.15 bits per heavy atom. The fourth-order valence-electron chi connectivity index (χ4n) is 4.89. The van der Waals surface area contributed by atoms with Crippen LogP contribution in [0.4, 0.5) is 0 Å². The van der Waals surface area contributed by atoms with Crippen LogP contribution in [0.15, 0.2) is 131 Å². The van der Waals surface area contributed by atoms with Crippen molar-refractivity contribution in [2.24, 2.45) is 0 Å². The van der Waals surface area contributed by atoms with Gasteiger partial charge in [-0.3, -0.25) is 9.59 Å². The van der Waals surface area contributed by atoms with Crippen molar-refractivity contribution in [3.63, 3.8) is 0 Å². The third-order valence-electron chi connectivity index (χ3n) is 6.84. The van der Waals surface area contributed by atoms with Crippen LogP contribution in [0.1, 0.15) is 33.3 Å². The fourth-order valence-corrected chi connectivity index (χ4v) is 4.89. The first-order valence-corrected chi connectivity index (χ1v) is 12.7. The molecule has 1 amide bonds. The molecular weight excluding hydrogens is 490 g/mol. The van der Waals surface area contributed by atoms with Crippen molar-refractivity contribution in [1.82, 2.24) is 4.90 Å². The summed E-state index contributed by atoms with van der Waals surface area (Å²) in [7, 11) is 0. The van der Waals surface area contributed by atoms with E-state index in [0.29, 0.717) is 23.5 Å². The van der Waals surface area contributed by atoms with E-state index in [0.717, 1.165) is 16.5 Å². The molecule has 5 aromatic rings. The number of carbonyl (C=O) groups excluding carboxylic acids is 2. The molecule has 6 heteroatoms. The van der Waals surface area contributed by atoms with Crippen LogP contribution in [0.5, 0.6) is 5.75 Å². The Morgan fingerprint density at radius 2 is 1.46 bits per heavy atom. The molecule has 1 N–H and O–H groups in total. The van der Waals surface area contributed by atoms with E-state index in [1.165, 1.54) is 4.90 Å². The summed E-state index contributed by atoms with van der Waals surface area (Å²) in [5.41, 5.74) is 3.15. The van der Waals surface area contributed by atoms with Crippen molar-refractivity contribution < 1.29 is 23.8 Å². The molecule has 4 aromatic carbocycles. The minimum absolute atomic E-state index is 0.00654. The number of ketones is 1. The molecule has 0 fully saturated rings. The van der Waals surface area contributed by atoms with Crippen molar-refractivity contribution in [3.05, 3.63) is 149 Å². The van der Waals surface area contributed by atoms with Gasteiger partial charge in [-0.2, -0.15) is 0 Å². The second-order valence-corrected chi connectivity index (χ2v) is 9.40. The molecule has 0 saturated heterocycles. The Bertz CT molecular complexity index is 1640. The Balaban J connectivity index is 1.34. The Morgan fingerprint density at radius 1 is 0.821 bits per heavy atom. The van der Waals surface area contributed by atoms with Crippen LogP contribution < -0.4 is 4.74 Å². The zero-order chi connectivity index (χ0) is 26.8. The van der Waals surface area contributed by atoms with Gasteiger partial charge in [-0.15, -0.1) is 0 Å². The van der Waals surface area contributed by atoms with E-state index in [4.69, 9.17) is 9.15 Å². The average molecular weight is 516 g/mol. The maximum atomic E-state index is 13.8. The van der Waals surface area contributed by atoms with Gasteiger partial charge in [-0.25, -0.2) is 0 Å².